The van der Waals surface area contributed by atoms with E-state index in [0.717, 1.165) is 20.8 Å². The van der Waals surface area contributed by atoms with Gasteiger partial charge < -0.3 is 33.2 Å². The quantitative estimate of drug-likeness (QED) is 0.362. The number of carbonyl (C=O) groups is 5. The standard InChI is InChI=1S/C22H26O12/c1-10(23)28-9-17-19(29-11(2)24)20(30-12(3)25)21(31-13(4)26)22(34-17)32-15-6-5-14-7-18(27)33-16(14)8-15/h5-7,15-17,19-22H,8-9H2,1-4H3/t15-,16-,17+,19+,20-,21+,22+/m0/s1. The second-order valence-electron chi connectivity index (χ2n) is 7.91. The predicted molar refractivity (Wildman–Crippen MR) is 109 cm³/mol. The van der Waals surface area contributed by atoms with Crippen LogP contribution in [0.1, 0.15) is 34.1 Å². The highest BCUT2D eigenvalue weighted by Crippen LogP contribution is 2.33. The molecule has 12 nitrogen and oxygen atoms in total. The summed E-state index contributed by atoms with van der Waals surface area (Å²) in [5, 5.41) is 0. The van der Waals surface area contributed by atoms with Gasteiger partial charge in [0, 0.05) is 40.2 Å². The Labute approximate surface area is 195 Å². The minimum Gasteiger partial charge on any atom is -0.463 e. The molecule has 186 valence electrons. The SMILES string of the molecule is CC(=O)OC[C@H]1O[C@@H](O[C@H]2C=CC3=CC(=O)O[C@H]3C2)[C@H](OC(C)=O)[C@@H](OC(C)=O)[C@@H]1OC(C)=O. The smallest absolute Gasteiger partial charge is 0.331 e. The summed E-state index contributed by atoms with van der Waals surface area (Å²) in [6.07, 6.45) is -2.47. The highest BCUT2D eigenvalue weighted by Gasteiger charge is 2.53. The molecule has 0 spiro atoms. The lowest BCUT2D eigenvalue weighted by Crippen LogP contribution is -2.63. The largest absolute Gasteiger partial charge is 0.463 e. The van der Waals surface area contributed by atoms with E-state index in [1.807, 2.05) is 0 Å². The predicted octanol–water partition coefficient (Wildman–Crippen LogP) is 0.266. The molecule has 12 heteroatoms. The first-order valence-electron chi connectivity index (χ1n) is 10.6. The van der Waals surface area contributed by atoms with Gasteiger partial charge in [-0.2, -0.15) is 0 Å². The molecule has 0 saturated carbocycles. The van der Waals surface area contributed by atoms with Crippen LogP contribution in [0.25, 0.3) is 0 Å². The third-order valence-electron chi connectivity index (χ3n) is 5.12. The number of ether oxygens (including phenoxy) is 7. The van der Waals surface area contributed by atoms with E-state index in [1.54, 1.807) is 12.2 Å². The average Bonchev–Trinajstić information content (AvgIpc) is 3.09. The van der Waals surface area contributed by atoms with Gasteiger partial charge in [-0.15, -0.1) is 0 Å². The molecule has 0 amide bonds. The van der Waals surface area contributed by atoms with Crippen LogP contribution in [0, 0.1) is 0 Å². The first-order valence-corrected chi connectivity index (χ1v) is 10.6. The molecule has 1 fully saturated rings. The van der Waals surface area contributed by atoms with Gasteiger partial charge >= 0.3 is 29.8 Å². The third kappa shape index (κ3) is 6.41. The third-order valence-corrected chi connectivity index (χ3v) is 5.12. The van der Waals surface area contributed by atoms with Gasteiger partial charge in [-0.05, 0) is 5.57 Å². The van der Waals surface area contributed by atoms with Crippen molar-refractivity contribution >= 4 is 29.8 Å². The van der Waals surface area contributed by atoms with Gasteiger partial charge in [0.2, 0.25) is 0 Å². The Hall–Kier alpha value is -3.25. The van der Waals surface area contributed by atoms with Crippen molar-refractivity contribution in [2.45, 2.75) is 77.0 Å². The van der Waals surface area contributed by atoms with Crippen LogP contribution in [0.2, 0.25) is 0 Å². The van der Waals surface area contributed by atoms with Gasteiger partial charge in [-0.25, -0.2) is 4.79 Å². The van der Waals surface area contributed by atoms with Crippen LogP contribution in [-0.4, -0.2) is 79.4 Å². The fraction of sp³-hybridized carbons (Fsp3) is 0.591. The van der Waals surface area contributed by atoms with Crippen molar-refractivity contribution in [3.05, 3.63) is 23.8 Å². The summed E-state index contributed by atoms with van der Waals surface area (Å²) >= 11 is 0. The lowest BCUT2D eigenvalue weighted by atomic mass is 9.96. The van der Waals surface area contributed by atoms with Crippen LogP contribution in [0.4, 0.5) is 0 Å². The first-order chi connectivity index (χ1) is 16.0. The van der Waals surface area contributed by atoms with Crippen molar-refractivity contribution in [1.29, 1.82) is 0 Å². The number of hydrogen-bond acceptors (Lipinski definition) is 12. The highest BCUT2D eigenvalue weighted by atomic mass is 16.7. The minimum atomic E-state index is -1.32. The van der Waals surface area contributed by atoms with Crippen molar-refractivity contribution in [3.63, 3.8) is 0 Å². The summed E-state index contributed by atoms with van der Waals surface area (Å²) in [6.45, 7) is 4.24. The van der Waals surface area contributed by atoms with Crippen LogP contribution < -0.4 is 0 Å². The van der Waals surface area contributed by atoms with Gasteiger partial charge in [0.05, 0.1) is 6.10 Å². The Kier molecular flexibility index (Phi) is 8.05. The Morgan fingerprint density at radius 2 is 1.53 bits per heavy atom. The fourth-order valence-electron chi connectivity index (χ4n) is 3.89. The molecule has 0 radical (unpaired) electrons. The summed E-state index contributed by atoms with van der Waals surface area (Å²) in [5.74, 6) is -3.27. The van der Waals surface area contributed by atoms with E-state index < -0.39 is 72.8 Å². The number of hydrogen-bond donors (Lipinski definition) is 0. The molecule has 0 aromatic heterocycles. The van der Waals surface area contributed by atoms with Crippen LogP contribution in [-0.2, 0) is 57.1 Å². The Morgan fingerprint density at radius 3 is 2.15 bits per heavy atom. The molecule has 3 aliphatic rings. The number of esters is 5. The second-order valence-corrected chi connectivity index (χ2v) is 7.91. The molecular formula is C22H26O12. The summed E-state index contributed by atoms with van der Waals surface area (Å²) in [6, 6.07) is 0. The van der Waals surface area contributed by atoms with Crippen molar-refractivity contribution < 1.29 is 57.1 Å². The molecule has 0 aromatic rings. The fourth-order valence-corrected chi connectivity index (χ4v) is 3.89. The van der Waals surface area contributed by atoms with E-state index in [2.05, 4.69) is 0 Å². The van der Waals surface area contributed by atoms with Crippen LogP contribution in [0.3, 0.4) is 0 Å². The molecule has 1 saturated heterocycles. The lowest BCUT2D eigenvalue weighted by Gasteiger charge is -2.44. The maximum absolute atomic E-state index is 11.9. The van der Waals surface area contributed by atoms with Gasteiger partial charge in [-0.1, -0.05) is 12.2 Å². The van der Waals surface area contributed by atoms with Crippen LogP contribution in [0.5, 0.6) is 0 Å². The highest BCUT2D eigenvalue weighted by molar-refractivity contribution is 5.86. The van der Waals surface area contributed by atoms with E-state index in [4.69, 9.17) is 33.2 Å². The Bertz CT molecular complexity index is 906. The van der Waals surface area contributed by atoms with Gasteiger partial charge in [0.1, 0.15) is 18.8 Å². The molecule has 3 rings (SSSR count). The molecule has 0 aromatic carbocycles. The normalized spacial score (nSPS) is 32.1. The maximum atomic E-state index is 11.9. The number of carbonyl (C=O) groups excluding carboxylic acids is 5. The van der Waals surface area contributed by atoms with E-state index in [0.29, 0.717) is 5.57 Å². The molecule has 34 heavy (non-hydrogen) atoms. The monoisotopic (exact) mass is 482 g/mol. The van der Waals surface area contributed by atoms with Gasteiger partial charge in [0.15, 0.2) is 24.6 Å². The zero-order valence-corrected chi connectivity index (χ0v) is 19.1. The van der Waals surface area contributed by atoms with Gasteiger partial charge in [-0.3, -0.25) is 19.2 Å². The van der Waals surface area contributed by atoms with Crippen molar-refractivity contribution in [3.8, 4) is 0 Å². The number of fused-ring (bicyclic) bond motifs is 1. The van der Waals surface area contributed by atoms with E-state index >= 15 is 0 Å². The summed E-state index contributed by atoms with van der Waals surface area (Å²) in [5.41, 5.74) is 0.700. The lowest BCUT2D eigenvalue weighted by molar-refractivity contribution is -0.314. The minimum absolute atomic E-state index is 0.265. The molecule has 0 unspecified atom stereocenters. The second kappa shape index (κ2) is 10.8. The zero-order chi connectivity index (χ0) is 25.0. The van der Waals surface area contributed by atoms with Crippen molar-refractivity contribution in [2.75, 3.05) is 6.61 Å². The summed E-state index contributed by atoms with van der Waals surface area (Å²) < 4.78 is 38.2. The van der Waals surface area contributed by atoms with Crippen molar-refractivity contribution in [1.82, 2.24) is 0 Å². The average molecular weight is 482 g/mol. The van der Waals surface area contributed by atoms with E-state index in [-0.39, 0.29) is 13.0 Å². The van der Waals surface area contributed by atoms with Crippen LogP contribution >= 0.6 is 0 Å². The topological polar surface area (TPSA) is 150 Å². The first kappa shape index (κ1) is 25.4. The van der Waals surface area contributed by atoms with E-state index in [1.165, 1.54) is 13.0 Å². The molecular weight excluding hydrogens is 456 g/mol. The summed E-state index contributed by atoms with van der Waals surface area (Å²) in [4.78, 5) is 58.4. The molecule has 2 heterocycles. The number of rotatable bonds is 7. The van der Waals surface area contributed by atoms with E-state index in [9.17, 15) is 24.0 Å². The van der Waals surface area contributed by atoms with Crippen LogP contribution in [0.15, 0.2) is 23.8 Å². The summed E-state index contributed by atoms with van der Waals surface area (Å²) in [7, 11) is 0. The maximum Gasteiger partial charge on any atom is 0.331 e. The molecule has 0 bridgehead atoms. The molecule has 0 N–H and O–H groups in total. The molecule has 2 aliphatic heterocycles. The van der Waals surface area contributed by atoms with Crippen molar-refractivity contribution in [2.24, 2.45) is 0 Å². The molecule has 7 atom stereocenters. The molecule has 1 aliphatic carbocycles. The Balaban J connectivity index is 1.89. The Morgan fingerprint density at radius 1 is 0.912 bits per heavy atom. The van der Waals surface area contributed by atoms with Gasteiger partial charge in [0.25, 0.3) is 0 Å². The zero-order valence-electron chi connectivity index (χ0n) is 19.1.